The van der Waals surface area contributed by atoms with E-state index >= 15 is 0 Å². The van der Waals surface area contributed by atoms with E-state index in [0.29, 0.717) is 18.8 Å². The quantitative estimate of drug-likeness (QED) is 0.747. The average molecular weight is 362 g/mol. The zero-order chi connectivity index (χ0) is 18.9. The van der Waals surface area contributed by atoms with Crippen molar-refractivity contribution in [3.05, 3.63) is 29.8 Å². The van der Waals surface area contributed by atoms with Crippen LogP contribution in [0.25, 0.3) is 0 Å². The standard InChI is InChI=1S/C19H30N4O3/c1-4-26-14-13-22-9-11-23(12-10-22)19(25)20-17-8-6-5-7-16(17)15-18(24)21(2)3/h5-8H,4,9-15H2,1-3H3,(H,20,25). The number of piperazine rings is 1. The molecule has 0 aromatic heterocycles. The van der Waals surface area contributed by atoms with Crippen LogP contribution in [0.3, 0.4) is 0 Å². The number of benzene rings is 1. The topological polar surface area (TPSA) is 65.1 Å². The van der Waals surface area contributed by atoms with Gasteiger partial charge in [-0.05, 0) is 18.6 Å². The van der Waals surface area contributed by atoms with Gasteiger partial charge in [-0.25, -0.2) is 4.79 Å². The van der Waals surface area contributed by atoms with Crippen LogP contribution in [0.2, 0.25) is 0 Å². The Labute approximate surface area is 155 Å². The van der Waals surface area contributed by atoms with Gasteiger partial charge in [-0.1, -0.05) is 18.2 Å². The lowest BCUT2D eigenvalue weighted by Gasteiger charge is -2.34. The van der Waals surface area contributed by atoms with Crippen molar-refractivity contribution in [1.29, 1.82) is 0 Å². The maximum atomic E-state index is 12.6. The molecule has 144 valence electrons. The van der Waals surface area contributed by atoms with E-state index in [2.05, 4.69) is 10.2 Å². The van der Waals surface area contributed by atoms with Crippen LogP contribution in [0, 0.1) is 0 Å². The van der Waals surface area contributed by atoms with Gasteiger partial charge < -0.3 is 19.9 Å². The summed E-state index contributed by atoms with van der Waals surface area (Å²) in [6.07, 6.45) is 0.272. The number of likely N-dealkylation sites (N-methyl/N-ethyl adjacent to an activating group) is 1. The molecule has 1 aliphatic rings. The molecular weight excluding hydrogens is 332 g/mol. The Kier molecular flexibility index (Phi) is 7.87. The van der Waals surface area contributed by atoms with Gasteiger partial charge in [0, 0.05) is 59.1 Å². The summed E-state index contributed by atoms with van der Waals surface area (Å²) in [6.45, 7) is 7.44. The van der Waals surface area contributed by atoms with Gasteiger partial charge >= 0.3 is 6.03 Å². The van der Waals surface area contributed by atoms with Crippen LogP contribution >= 0.6 is 0 Å². The Morgan fingerprint density at radius 1 is 1.15 bits per heavy atom. The average Bonchev–Trinajstić information content (AvgIpc) is 2.64. The summed E-state index contributed by atoms with van der Waals surface area (Å²) < 4.78 is 5.39. The molecule has 1 aliphatic heterocycles. The van der Waals surface area contributed by atoms with E-state index in [1.54, 1.807) is 19.0 Å². The number of hydrogen-bond donors (Lipinski definition) is 1. The summed E-state index contributed by atoms with van der Waals surface area (Å²) in [7, 11) is 3.46. The summed E-state index contributed by atoms with van der Waals surface area (Å²) in [5.74, 6) is 0.00890. The van der Waals surface area contributed by atoms with E-state index in [4.69, 9.17) is 4.74 Å². The van der Waals surface area contributed by atoms with Crippen LogP contribution in [-0.4, -0.2) is 86.7 Å². The number of rotatable bonds is 7. The van der Waals surface area contributed by atoms with Crippen molar-refractivity contribution in [3.63, 3.8) is 0 Å². The summed E-state index contributed by atoms with van der Waals surface area (Å²) in [6, 6.07) is 7.35. The molecule has 1 heterocycles. The van der Waals surface area contributed by atoms with Gasteiger partial charge in [-0.2, -0.15) is 0 Å². The molecule has 2 rings (SSSR count). The van der Waals surface area contributed by atoms with Gasteiger partial charge in [0.15, 0.2) is 0 Å². The molecule has 0 unspecified atom stereocenters. The highest BCUT2D eigenvalue weighted by atomic mass is 16.5. The van der Waals surface area contributed by atoms with Crippen molar-refractivity contribution in [2.24, 2.45) is 0 Å². The van der Waals surface area contributed by atoms with E-state index in [1.807, 2.05) is 36.1 Å². The molecule has 0 aliphatic carbocycles. The van der Waals surface area contributed by atoms with Gasteiger partial charge in [-0.3, -0.25) is 9.69 Å². The van der Waals surface area contributed by atoms with Crippen molar-refractivity contribution in [3.8, 4) is 0 Å². The molecule has 7 nitrogen and oxygen atoms in total. The minimum Gasteiger partial charge on any atom is -0.380 e. The second-order valence-electron chi connectivity index (χ2n) is 6.58. The number of anilines is 1. The first-order valence-electron chi connectivity index (χ1n) is 9.15. The van der Waals surface area contributed by atoms with Gasteiger partial charge in [-0.15, -0.1) is 0 Å². The van der Waals surface area contributed by atoms with Crippen molar-refractivity contribution < 1.29 is 14.3 Å². The monoisotopic (exact) mass is 362 g/mol. The van der Waals surface area contributed by atoms with E-state index in [-0.39, 0.29) is 18.4 Å². The van der Waals surface area contributed by atoms with Gasteiger partial charge in [0.25, 0.3) is 0 Å². The van der Waals surface area contributed by atoms with E-state index in [1.165, 1.54) is 0 Å². The van der Waals surface area contributed by atoms with Crippen LogP contribution in [0.5, 0.6) is 0 Å². The molecule has 1 aromatic carbocycles. The number of carbonyl (C=O) groups excluding carboxylic acids is 2. The van der Waals surface area contributed by atoms with E-state index < -0.39 is 0 Å². The Morgan fingerprint density at radius 2 is 1.85 bits per heavy atom. The fourth-order valence-corrected chi connectivity index (χ4v) is 2.82. The van der Waals surface area contributed by atoms with Gasteiger partial charge in [0.1, 0.15) is 0 Å². The maximum absolute atomic E-state index is 12.6. The van der Waals surface area contributed by atoms with Crippen molar-refractivity contribution in [2.45, 2.75) is 13.3 Å². The Balaban J connectivity index is 1.88. The maximum Gasteiger partial charge on any atom is 0.321 e. The molecule has 3 amide bonds. The third-order valence-electron chi connectivity index (χ3n) is 4.51. The molecule has 0 saturated carbocycles. The third-order valence-corrected chi connectivity index (χ3v) is 4.51. The highest BCUT2D eigenvalue weighted by Crippen LogP contribution is 2.17. The lowest BCUT2D eigenvalue weighted by molar-refractivity contribution is -0.127. The molecule has 0 atom stereocenters. The second-order valence-corrected chi connectivity index (χ2v) is 6.58. The molecule has 1 saturated heterocycles. The number of nitrogens with zero attached hydrogens (tertiary/aromatic N) is 3. The number of urea groups is 1. The van der Waals surface area contributed by atoms with Crippen LogP contribution in [0.4, 0.5) is 10.5 Å². The zero-order valence-electron chi connectivity index (χ0n) is 16.0. The smallest absolute Gasteiger partial charge is 0.321 e. The lowest BCUT2D eigenvalue weighted by atomic mass is 10.1. The highest BCUT2D eigenvalue weighted by Gasteiger charge is 2.21. The van der Waals surface area contributed by atoms with Gasteiger partial charge in [0.05, 0.1) is 13.0 Å². The fraction of sp³-hybridized carbons (Fsp3) is 0.579. The zero-order valence-corrected chi connectivity index (χ0v) is 16.0. The summed E-state index contributed by atoms with van der Waals surface area (Å²) >= 11 is 0. The SMILES string of the molecule is CCOCCN1CCN(C(=O)Nc2ccccc2CC(=O)N(C)C)CC1. The Bertz CT molecular complexity index is 598. The fourth-order valence-electron chi connectivity index (χ4n) is 2.82. The first-order chi connectivity index (χ1) is 12.5. The Morgan fingerprint density at radius 3 is 2.50 bits per heavy atom. The molecule has 0 bridgehead atoms. The molecule has 26 heavy (non-hydrogen) atoms. The largest absolute Gasteiger partial charge is 0.380 e. The number of amides is 3. The predicted molar refractivity (Wildman–Crippen MR) is 102 cm³/mol. The van der Waals surface area contributed by atoms with Crippen molar-refractivity contribution in [1.82, 2.24) is 14.7 Å². The first kappa shape index (κ1) is 20.2. The van der Waals surface area contributed by atoms with Crippen LogP contribution < -0.4 is 5.32 Å². The van der Waals surface area contributed by atoms with Crippen LogP contribution in [0.1, 0.15) is 12.5 Å². The van der Waals surface area contributed by atoms with Crippen LogP contribution in [-0.2, 0) is 16.0 Å². The molecule has 0 radical (unpaired) electrons. The number of nitrogens with one attached hydrogen (secondary N) is 1. The van der Waals surface area contributed by atoms with E-state index in [0.717, 1.165) is 38.4 Å². The summed E-state index contributed by atoms with van der Waals surface area (Å²) in [5, 5.41) is 2.96. The molecule has 1 fully saturated rings. The molecule has 7 heteroatoms. The minimum absolute atomic E-state index is 0.00890. The number of para-hydroxylation sites is 1. The van der Waals surface area contributed by atoms with Crippen molar-refractivity contribution >= 4 is 17.6 Å². The van der Waals surface area contributed by atoms with Crippen molar-refractivity contribution in [2.75, 3.05) is 65.3 Å². The second kappa shape index (κ2) is 10.1. The minimum atomic E-state index is -0.112. The third kappa shape index (κ3) is 6.00. The normalized spacial score (nSPS) is 15.0. The Hall–Kier alpha value is -2.12. The van der Waals surface area contributed by atoms with Crippen LogP contribution in [0.15, 0.2) is 24.3 Å². The molecule has 1 aromatic rings. The predicted octanol–water partition coefficient (Wildman–Crippen LogP) is 1.50. The summed E-state index contributed by atoms with van der Waals surface area (Å²) in [5.41, 5.74) is 1.53. The first-order valence-corrected chi connectivity index (χ1v) is 9.15. The lowest BCUT2D eigenvalue weighted by Crippen LogP contribution is -2.50. The molecule has 1 N–H and O–H groups in total. The molecule has 0 spiro atoms. The number of hydrogen-bond acceptors (Lipinski definition) is 4. The highest BCUT2D eigenvalue weighted by molar-refractivity contribution is 5.91. The number of ether oxygens (including phenoxy) is 1. The molecular formula is C19H30N4O3. The number of carbonyl (C=O) groups is 2. The van der Waals surface area contributed by atoms with Gasteiger partial charge in [0.2, 0.25) is 5.91 Å². The summed E-state index contributed by atoms with van der Waals surface area (Å²) in [4.78, 5) is 30.3. The van der Waals surface area contributed by atoms with E-state index in [9.17, 15) is 9.59 Å².